The van der Waals surface area contributed by atoms with E-state index in [4.69, 9.17) is 28.4 Å². The van der Waals surface area contributed by atoms with E-state index in [1.807, 2.05) is 0 Å². The Morgan fingerprint density at radius 1 is 0.219 bits per heavy atom. The van der Waals surface area contributed by atoms with Crippen molar-refractivity contribution in [2.45, 2.75) is 24.4 Å². The maximum absolute atomic E-state index is 15.0. The standard InChI is InChI=1S/C60H38O36/c61-43(62)21-1-7-27(49(73)74)33(13-21)55(85)91-19-39(93-57(87)35-15-23(45(65)66)3-9-29(35)51(77)78)41(95-59(89)37-17-25(47(69)70)5-11-31(37)53(81)82)42(96-60(90)38-18-26(48(71)72)6-12-32(38)54(83)84)40(94-58(88)36-16-24(46(67)68)4-10-30(36)52(79)80)20-92-56(86)34-14-22(44(63)64)2-8-28(34)50(75)76/h1-18,39-42H,19-20H2,(H,61,62)(H,63,64)(H,65,66)(H,67,68)(H,69,70)(H,71,72)(H,73,74)(H,75,76)(H,77,78)(H,79,80)(H,81,82)(H,83,84)/t39-,40-,41-,42-/m1/s1. The van der Waals surface area contributed by atoms with Crippen LogP contribution in [0.4, 0.5) is 0 Å². The fourth-order valence-corrected chi connectivity index (χ4v) is 8.54. The number of carbonyl (C=O) groups excluding carboxylic acids is 6. The minimum atomic E-state index is -3.49. The molecular formula is C60H38O36. The molecule has 96 heavy (non-hydrogen) atoms. The van der Waals surface area contributed by atoms with Crippen molar-refractivity contribution < 1.29 is 176 Å². The number of carboxylic acids is 12. The average Bonchev–Trinajstić information content (AvgIpc) is 0.802. The first kappa shape index (κ1) is 70.9. The summed E-state index contributed by atoms with van der Waals surface area (Å²) >= 11 is 0. The minimum absolute atomic E-state index is 0.247. The van der Waals surface area contributed by atoms with Crippen LogP contribution >= 0.6 is 0 Å². The third-order valence-electron chi connectivity index (χ3n) is 13.1. The maximum atomic E-state index is 15.0. The van der Waals surface area contributed by atoms with Gasteiger partial charge in [-0.3, -0.25) is 0 Å². The van der Waals surface area contributed by atoms with Crippen LogP contribution in [0, 0.1) is 0 Å². The molecule has 0 amide bonds. The van der Waals surface area contributed by atoms with E-state index in [2.05, 4.69) is 0 Å². The number of esters is 6. The van der Waals surface area contributed by atoms with Crippen LogP contribution in [-0.4, -0.2) is 206 Å². The molecule has 0 aliphatic rings. The molecular weight excluding hydrogens is 1300 g/mol. The number of aromatic carboxylic acids is 12. The fourth-order valence-electron chi connectivity index (χ4n) is 8.54. The molecule has 0 heterocycles. The summed E-state index contributed by atoms with van der Waals surface area (Å²) in [5, 5.41) is 120. The Morgan fingerprint density at radius 3 is 0.552 bits per heavy atom. The average molecular weight is 1330 g/mol. The van der Waals surface area contributed by atoms with E-state index < -0.39 is 245 Å². The molecule has 0 aliphatic carbocycles. The molecule has 0 saturated carbocycles. The zero-order valence-electron chi connectivity index (χ0n) is 47.3. The Labute approximate surface area is 529 Å². The third-order valence-corrected chi connectivity index (χ3v) is 13.1. The molecule has 0 saturated heterocycles. The van der Waals surface area contributed by atoms with Gasteiger partial charge in [0.1, 0.15) is 13.2 Å². The van der Waals surface area contributed by atoms with Crippen LogP contribution in [0.3, 0.4) is 0 Å². The monoisotopic (exact) mass is 1330 g/mol. The zero-order chi connectivity index (χ0) is 71.5. The number of benzene rings is 6. The highest BCUT2D eigenvalue weighted by atomic mass is 16.7. The predicted octanol–water partition coefficient (Wildman–Crippen LogP) is 3.98. The highest BCUT2D eigenvalue weighted by Crippen LogP contribution is 2.30. The van der Waals surface area contributed by atoms with Crippen molar-refractivity contribution in [2.24, 2.45) is 0 Å². The number of ether oxygens (including phenoxy) is 6. The number of carboxylic acid groups (broad SMARTS) is 12. The van der Waals surface area contributed by atoms with Gasteiger partial charge < -0.3 is 89.7 Å². The Balaban J connectivity index is 1.81. The first-order valence-corrected chi connectivity index (χ1v) is 25.8. The summed E-state index contributed by atoms with van der Waals surface area (Å²) in [6.07, 6.45) is -13.5. The molecule has 0 radical (unpaired) electrons. The van der Waals surface area contributed by atoms with Gasteiger partial charge in [-0.25, -0.2) is 86.3 Å². The van der Waals surface area contributed by atoms with Gasteiger partial charge in [0, 0.05) is 0 Å². The van der Waals surface area contributed by atoms with Crippen LogP contribution in [0.1, 0.15) is 186 Å². The molecule has 0 aromatic heterocycles. The first-order valence-electron chi connectivity index (χ1n) is 25.8. The smallest absolute Gasteiger partial charge is 0.339 e. The topological polar surface area (TPSA) is 605 Å². The molecule has 0 unspecified atom stereocenters. The molecule has 6 aromatic carbocycles. The lowest BCUT2D eigenvalue weighted by Crippen LogP contribution is -2.55. The maximum Gasteiger partial charge on any atom is 0.339 e. The van der Waals surface area contributed by atoms with E-state index in [0.717, 1.165) is 0 Å². The van der Waals surface area contributed by atoms with Gasteiger partial charge in [-0.1, -0.05) is 0 Å². The van der Waals surface area contributed by atoms with Crippen LogP contribution in [0.25, 0.3) is 0 Å². The Bertz CT molecular complexity index is 4120. The molecule has 4 atom stereocenters. The fraction of sp³-hybridized carbons (Fsp3) is 0.100. The van der Waals surface area contributed by atoms with Crippen LogP contribution in [0.5, 0.6) is 0 Å². The summed E-state index contributed by atoms with van der Waals surface area (Å²) in [7, 11) is 0. The van der Waals surface area contributed by atoms with E-state index in [0.29, 0.717) is 84.9 Å². The Kier molecular flexibility index (Phi) is 21.9. The molecule has 0 aliphatic heterocycles. The van der Waals surface area contributed by atoms with Crippen molar-refractivity contribution in [3.63, 3.8) is 0 Å². The van der Waals surface area contributed by atoms with Gasteiger partial charge in [0.15, 0.2) is 24.4 Å². The summed E-state index contributed by atoms with van der Waals surface area (Å²) < 4.78 is 33.1. The molecule has 6 aromatic rings. The molecule has 36 heteroatoms. The van der Waals surface area contributed by atoms with Crippen molar-refractivity contribution in [2.75, 3.05) is 13.2 Å². The van der Waals surface area contributed by atoms with Gasteiger partial charge in [-0.05, 0) is 109 Å². The molecule has 6 rings (SSSR count). The highest BCUT2D eigenvalue weighted by molar-refractivity contribution is 6.09. The predicted molar refractivity (Wildman–Crippen MR) is 300 cm³/mol. The van der Waals surface area contributed by atoms with Crippen LogP contribution < -0.4 is 0 Å². The van der Waals surface area contributed by atoms with Crippen molar-refractivity contribution in [3.8, 4) is 0 Å². The first-order chi connectivity index (χ1) is 45.0. The van der Waals surface area contributed by atoms with Crippen LogP contribution in [0.2, 0.25) is 0 Å². The van der Waals surface area contributed by atoms with Crippen LogP contribution in [0.15, 0.2) is 109 Å². The number of hydrogen-bond donors (Lipinski definition) is 12. The van der Waals surface area contributed by atoms with Crippen LogP contribution in [-0.2, 0) is 28.4 Å². The number of hydrogen-bond acceptors (Lipinski definition) is 24. The Morgan fingerprint density at radius 2 is 0.385 bits per heavy atom. The van der Waals surface area contributed by atoms with Gasteiger partial charge in [0.2, 0.25) is 0 Å². The summed E-state index contributed by atoms with van der Waals surface area (Å²) in [5.41, 5.74) is -21.0. The molecule has 0 fully saturated rings. The van der Waals surface area contributed by atoms with Gasteiger partial charge in [-0.15, -0.1) is 0 Å². The zero-order valence-corrected chi connectivity index (χ0v) is 47.3. The lowest BCUT2D eigenvalue weighted by molar-refractivity contribution is -0.138. The second-order valence-corrected chi connectivity index (χ2v) is 19.0. The summed E-state index contributed by atoms with van der Waals surface area (Å²) in [6, 6.07) is 8.28. The van der Waals surface area contributed by atoms with E-state index in [1.54, 1.807) is 0 Å². The van der Waals surface area contributed by atoms with E-state index >= 15 is 9.59 Å². The van der Waals surface area contributed by atoms with E-state index in [1.165, 1.54) is 0 Å². The van der Waals surface area contributed by atoms with E-state index in [-0.39, 0.29) is 24.3 Å². The SMILES string of the molecule is O=C(O)c1ccc(C(=O)O)c(C(=O)OC[C@@H](OC(=O)c2cc(C(=O)O)ccc2C(=O)O)[C@@H](OC(=O)c2cc(C(=O)O)ccc2C(=O)O)[C@H](OC(=O)c2cc(C(=O)O)ccc2C(=O)O)[C@@H](COC(=O)c2cc(C(=O)O)ccc2C(=O)O)OC(=O)c2cc(C(=O)O)ccc2C(=O)O)c1. The van der Waals surface area contributed by atoms with E-state index in [9.17, 15) is 138 Å². The van der Waals surface area contributed by atoms with Crippen molar-refractivity contribution >= 4 is 107 Å². The molecule has 494 valence electrons. The summed E-state index contributed by atoms with van der Waals surface area (Å²) in [6.45, 7) is -4.09. The normalized spacial score (nSPS) is 11.9. The second kappa shape index (κ2) is 29.6. The lowest BCUT2D eigenvalue weighted by atomic mass is 9.99. The quantitative estimate of drug-likeness (QED) is 0.0233. The molecule has 36 nitrogen and oxygen atoms in total. The Hall–Kier alpha value is -14.2. The summed E-state index contributed by atoms with van der Waals surface area (Å²) in [5.74, 6) is -37.1. The van der Waals surface area contributed by atoms with Crippen molar-refractivity contribution in [3.05, 3.63) is 209 Å². The summed E-state index contributed by atoms with van der Waals surface area (Å²) in [4.78, 5) is 237. The largest absolute Gasteiger partial charge is 0.478 e. The van der Waals surface area contributed by atoms with Gasteiger partial charge in [-0.2, -0.15) is 0 Å². The highest BCUT2D eigenvalue weighted by Gasteiger charge is 2.48. The number of carbonyl (C=O) groups is 18. The van der Waals surface area contributed by atoms with Gasteiger partial charge >= 0.3 is 107 Å². The molecule has 12 N–H and O–H groups in total. The lowest BCUT2D eigenvalue weighted by Gasteiger charge is -2.36. The van der Waals surface area contributed by atoms with Crippen molar-refractivity contribution in [1.82, 2.24) is 0 Å². The molecule has 0 spiro atoms. The third kappa shape index (κ3) is 16.4. The van der Waals surface area contributed by atoms with Gasteiger partial charge in [0.05, 0.1) is 100 Å². The minimum Gasteiger partial charge on any atom is -0.478 e. The molecule has 0 bridgehead atoms. The number of rotatable bonds is 29. The van der Waals surface area contributed by atoms with Gasteiger partial charge in [0.25, 0.3) is 0 Å². The van der Waals surface area contributed by atoms with Crippen molar-refractivity contribution in [1.29, 1.82) is 0 Å². The second-order valence-electron chi connectivity index (χ2n) is 19.0.